The first-order valence-electron chi connectivity index (χ1n) is 10.5. The molecule has 1 amide bonds. The lowest BCUT2D eigenvalue weighted by molar-refractivity contribution is -0.122. The molecule has 0 atom stereocenters. The van der Waals surface area contributed by atoms with E-state index >= 15 is 0 Å². The Balaban J connectivity index is 1.48. The molecule has 0 radical (unpaired) electrons. The predicted molar refractivity (Wildman–Crippen MR) is 124 cm³/mol. The molecule has 0 saturated carbocycles. The fourth-order valence-corrected chi connectivity index (χ4v) is 3.54. The van der Waals surface area contributed by atoms with E-state index in [0.29, 0.717) is 23.3 Å². The van der Waals surface area contributed by atoms with Crippen LogP contribution in [0, 0.1) is 6.92 Å². The molecule has 3 aromatic carbocycles. The molecule has 0 unspecified atom stereocenters. The maximum Gasteiger partial charge on any atom is 0.351 e. The van der Waals surface area contributed by atoms with Crippen LogP contribution in [0.25, 0.3) is 16.7 Å². The van der Waals surface area contributed by atoms with Crippen molar-refractivity contribution < 1.29 is 9.53 Å². The molecule has 33 heavy (non-hydrogen) atoms. The Hall–Kier alpha value is -4.46. The molecular formula is C25H21N5O3. The molecule has 8 nitrogen and oxygen atoms in total. The van der Waals surface area contributed by atoms with Crippen LogP contribution in [0.2, 0.25) is 0 Å². The standard InChI is InChI=1S/C25H21N5O3/c1-17-11-13-18(14-12-17)15-26-22(31)16-29-25(32)30-21-10-6-5-9-20(21)27-24(23(30)28-29)33-19-7-3-2-4-8-19/h2-14H,15-16H2,1H3,(H,26,31). The summed E-state index contributed by atoms with van der Waals surface area (Å²) in [4.78, 5) is 30.3. The smallest absolute Gasteiger partial charge is 0.351 e. The normalized spacial score (nSPS) is 11.1. The van der Waals surface area contributed by atoms with E-state index in [0.717, 1.165) is 15.8 Å². The molecule has 0 aliphatic carbocycles. The molecule has 0 aliphatic rings. The van der Waals surface area contributed by atoms with Crippen LogP contribution in [-0.4, -0.2) is 25.1 Å². The van der Waals surface area contributed by atoms with Crippen molar-refractivity contribution in [3.63, 3.8) is 0 Å². The molecule has 0 fully saturated rings. The maximum atomic E-state index is 13.2. The third kappa shape index (κ3) is 4.18. The van der Waals surface area contributed by atoms with E-state index < -0.39 is 5.69 Å². The van der Waals surface area contributed by atoms with Gasteiger partial charge in [-0.2, -0.15) is 0 Å². The lowest BCUT2D eigenvalue weighted by Crippen LogP contribution is -2.32. The van der Waals surface area contributed by atoms with E-state index in [1.54, 1.807) is 24.3 Å². The number of fused-ring (bicyclic) bond motifs is 3. The highest BCUT2D eigenvalue weighted by molar-refractivity contribution is 5.80. The summed E-state index contributed by atoms with van der Waals surface area (Å²) < 4.78 is 8.50. The second kappa shape index (κ2) is 8.58. The zero-order valence-corrected chi connectivity index (χ0v) is 17.9. The third-order valence-electron chi connectivity index (χ3n) is 5.24. The van der Waals surface area contributed by atoms with E-state index in [9.17, 15) is 9.59 Å². The minimum atomic E-state index is -0.438. The summed E-state index contributed by atoms with van der Waals surface area (Å²) in [5, 5.41) is 7.22. The van der Waals surface area contributed by atoms with Gasteiger partial charge in [-0.1, -0.05) is 60.2 Å². The molecule has 0 aliphatic heterocycles. The number of nitrogens with one attached hydrogen (secondary N) is 1. The second-order valence-corrected chi connectivity index (χ2v) is 7.68. The van der Waals surface area contributed by atoms with Crippen molar-refractivity contribution in [2.75, 3.05) is 0 Å². The molecule has 0 spiro atoms. The Kier molecular flexibility index (Phi) is 5.32. The predicted octanol–water partition coefficient (Wildman–Crippen LogP) is 3.46. The number of hydrogen-bond donors (Lipinski definition) is 1. The van der Waals surface area contributed by atoms with Crippen LogP contribution in [0.4, 0.5) is 0 Å². The summed E-state index contributed by atoms with van der Waals surface area (Å²) in [6.07, 6.45) is 0. The Labute approximate surface area is 189 Å². The Morgan fingerprint density at radius 3 is 2.48 bits per heavy atom. The summed E-state index contributed by atoms with van der Waals surface area (Å²) >= 11 is 0. The van der Waals surface area contributed by atoms with Gasteiger partial charge in [-0.3, -0.25) is 4.79 Å². The van der Waals surface area contributed by atoms with Crippen LogP contribution < -0.4 is 15.7 Å². The van der Waals surface area contributed by atoms with Gasteiger partial charge in [-0.15, -0.1) is 5.10 Å². The van der Waals surface area contributed by atoms with Gasteiger partial charge in [0.1, 0.15) is 12.3 Å². The minimum Gasteiger partial charge on any atom is -0.436 e. The zero-order chi connectivity index (χ0) is 22.8. The molecule has 0 bridgehead atoms. The van der Waals surface area contributed by atoms with Gasteiger partial charge in [0.25, 0.3) is 5.88 Å². The molecule has 2 aromatic heterocycles. The van der Waals surface area contributed by atoms with Crippen LogP contribution in [0.3, 0.4) is 0 Å². The molecule has 0 saturated heterocycles. The summed E-state index contributed by atoms with van der Waals surface area (Å²) in [6, 6.07) is 24.3. The van der Waals surface area contributed by atoms with Crippen molar-refractivity contribution in [1.82, 2.24) is 24.5 Å². The van der Waals surface area contributed by atoms with Crippen LogP contribution in [0.5, 0.6) is 11.6 Å². The number of nitrogens with zero attached hydrogens (tertiary/aromatic N) is 4. The molecule has 1 N–H and O–H groups in total. The van der Waals surface area contributed by atoms with Gasteiger partial charge in [-0.05, 0) is 36.8 Å². The number of rotatable bonds is 6. The minimum absolute atomic E-state index is 0.191. The van der Waals surface area contributed by atoms with E-state index in [4.69, 9.17) is 4.74 Å². The number of amides is 1. The largest absolute Gasteiger partial charge is 0.436 e. The fourth-order valence-electron chi connectivity index (χ4n) is 3.54. The molecular weight excluding hydrogens is 418 g/mol. The molecule has 5 aromatic rings. The van der Waals surface area contributed by atoms with Crippen molar-refractivity contribution in [3.8, 4) is 11.6 Å². The van der Waals surface area contributed by atoms with Gasteiger partial charge < -0.3 is 10.1 Å². The highest BCUT2D eigenvalue weighted by Gasteiger charge is 2.19. The Morgan fingerprint density at radius 2 is 1.70 bits per heavy atom. The monoisotopic (exact) mass is 439 g/mol. The topological polar surface area (TPSA) is 90.5 Å². The van der Waals surface area contributed by atoms with E-state index in [1.165, 1.54) is 4.40 Å². The maximum absolute atomic E-state index is 13.2. The lowest BCUT2D eigenvalue weighted by atomic mass is 10.1. The number of aromatic nitrogens is 4. The van der Waals surface area contributed by atoms with Gasteiger partial charge >= 0.3 is 5.69 Å². The summed E-state index contributed by atoms with van der Waals surface area (Å²) in [5.74, 6) is 0.444. The first-order chi connectivity index (χ1) is 16.1. The van der Waals surface area contributed by atoms with Crippen molar-refractivity contribution in [3.05, 3.63) is 100 Å². The van der Waals surface area contributed by atoms with Crippen molar-refractivity contribution in [2.24, 2.45) is 0 Å². The number of aryl methyl sites for hydroxylation is 1. The summed E-state index contributed by atoms with van der Waals surface area (Å²) in [6.45, 7) is 2.16. The van der Waals surface area contributed by atoms with Crippen molar-refractivity contribution in [1.29, 1.82) is 0 Å². The molecule has 2 heterocycles. The zero-order valence-electron chi connectivity index (χ0n) is 17.9. The molecule has 8 heteroatoms. The summed E-state index contributed by atoms with van der Waals surface area (Å²) in [7, 11) is 0. The van der Waals surface area contributed by atoms with Gasteiger partial charge in [0.15, 0.2) is 0 Å². The van der Waals surface area contributed by atoms with Crippen molar-refractivity contribution >= 4 is 22.6 Å². The fraction of sp³-hybridized carbons (Fsp3) is 0.120. The Morgan fingerprint density at radius 1 is 0.970 bits per heavy atom. The van der Waals surface area contributed by atoms with Crippen LogP contribution in [0.1, 0.15) is 11.1 Å². The average Bonchev–Trinajstić information content (AvgIpc) is 3.16. The van der Waals surface area contributed by atoms with Crippen molar-refractivity contribution in [2.45, 2.75) is 20.0 Å². The van der Waals surface area contributed by atoms with Gasteiger partial charge in [0.05, 0.1) is 11.0 Å². The SMILES string of the molecule is Cc1ccc(CNC(=O)Cn2nc3c(Oc4ccccc4)nc4ccccc4n3c2=O)cc1. The third-order valence-corrected chi connectivity index (χ3v) is 5.24. The van der Waals surface area contributed by atoms with Gasteiger partial charge in [0, 0.05) is 6.54 Å². The van der Waals surface area contributed by atoms with E-state index in [-0.39, 0.29) is 24.0 Å². The number of benzene rings is 3. The van der Waals surface area contributed by atoms with Crippen LogP contribution >= 0.6 is 0 Å². The first-order valence-corrected chi connectivity index (χ1v) is 10.5. The summed E-state index contributed by atoms with van der Waals surface area (Å²) in [5.41, 5.74) is 3.10. The first kappa shape index (κ1) is 20.4. The Bertz CT molecular complexity index is 1500. The van der Waals surface area contributed by atoms with Gasteiger partial charge in [-0.25, -0.2) is 18.9 Å². The number of hydrogen-bond acceptors (Lipinski definition) is 5. The molecule has 164 valence electrons. The van der Waals surface area contributed by atoms with E-state index in [2.05, 4.69) is 15.4 Å². The van der Waals surface area contributed by atoms with Gasteiger partial charge in [0.2, 0.25) is 11.6 Å². The second-order valence-electron chi connectivity index (χ2n) is 7.68. The van der Waals surface area contributed by atoms with E-state index in [1.807, 2.05) is 61.5 Å². The average molecular weight is 439 g/mol. The molecule has 5 rings (SSSR count). The quantitative estimate of drug-likeness (QED) is 0.438. The number of carbonyl (C=O) groups is 1. The highest BCUT2D eigenvalue weighted by Crippen LogP contribution is 2.25. The number of carbonyl (C=O) groups excluding carboxylic acids is 1. The highest BCUT2D eigenvalue weighted by atomic mass is 16.5. The number of para-hydroxylation sites is 3. The van der Waals surface area contributed by atoms with Crippen LogP contribution in [0.15, 0.2) is 83.7 Å². The number of ether oxygens (including phenoxy) is 1. The van der Waals surface area contributed by atoms with Crippen LogP contribution in [-0.2, 0) is 17.9 Å². The lowest BCUT2D eigenvalue weighted by Gasteiger charge is -2.07.